The number of hydrogen-bond donors (Lipinski definition) is 3. The van der Waals surface area contributed by atoms with Gasteiger partial charge in [-0.15, -0.1) is 0 Å². The van der Waals surface area contributed by atoms with Crippen LogP contribution in [0.2, 0.25) is 0 Å². The van der Waals surface area contributed by atoms with E-state index in [4.69, 9.17) is 10.5 Å². The van der Waals surface area contributed by atoms with Crippen molar-refractivity contribution in [3.63, 3.8) is 0 Å². The van der Waals surface area contributed by atoms with Crippen LogP contribution in [0.1, 0.15) is 11.7 Å². The van der Waals surface area contributed by atoms with E-state index in [-0.39, 0.29) is 11.3 Å². The van der Waals surface area contributed by atoms with E-state index < -0.39 is 29.7 Å². The highest BCUT2D eigenvalue weighted by Gasteiger charge is 2.27. The van der Waals surface area contributed by atoms with Gasteiger partial charge in [0.25, 0.3) is 0 Å². The average Bonchev–Trinajstić information content (AvgIpc) is 2.29. The maximum Gasteiger partial charge on any atom is 0.249 e. The second-order valence-corrected chi connectivity index (χ2v) is 3.30. The molecule has 1 aromatic rings. The van der Waals surface area contributed by atoms with Gasteiger partial charge in [-0.2, -0.15) is 0 Å². The molecule has 0 saturated heterocycles. The first-order valence-corrected chi connectivity index (χ1v) is 4.56. The van der Waals surface area contributed by atoms with Crippen molar-refractivity contribution in [2.75, 3.05) is 7.11 Å². The third-order valence-corrected chi connectivity index (χ3v) is 2.18. The third-order valence-electron chi connectivity index (χ3n) is 2.18. The number of amides is 1. The van der Waals surface area contributed by atoms with Crippen LogP contribution in [-0.2, 0) is 4.79 Å². The first-order chi connectivity index (χ1) is 7.88. The minimum Gasteiger partial charge on any atom is -0.496 e. The molecule has 0 spiro atoms. The molecular weight excluding hydrogens is 236 g/mol. The van der Waals surface area contributed by atoms with E-state index in [0.29, 0.717) is 12.1 Å². The molecule has 1 amide bonds. The fraction of sp³-hybridized carbons (Fsp3) is 0.300. The number of methoxy groups -OCH3 is 1. The zero-order chi connectivity index (χ0) is 13.2. The lowest BCUT2D eigenvalue weighted by Gasteiger charge is -2.18. The molecule has 0 bridgehead atoms. The number of halogens is 2. The highest BCUT2D eigenvalue weighted by Crippen LogP contribution is 2.29. The van der Waals surface area contributed by atoms with Gasteiger partial charge in [0.05, 0.1) is 7.11 Å². The Morgan fingerprint density at radius 1 is 1.35 bits per heavy atom. The maximum atomic E-state index is 13.0. The number of primary amides is 1. The molecule has 0 fully saturated rings. The van der Waals surface area contributed by atoms with Crippen LogP contribution in [0, 0.1) is 11.6 Å². The fourth-order valence-corrected chi connectivity index (χ4v) is 1.28. The highest BCUT2D eigenvalue weighted by atomic mass is 19.2. The largest absolute Gasteiger partial charge is 0.496 e. The molecule has 0 radical (unpaired) electrons. The molecule has 0 aliphatic rings. The van der Waals surface area contributed by atoms with E-state index in [1.807, 2.05) is 0 Å². The van der Waals surface area contributed by atoms with Crippen molar-refractivity contribution < 1.29 is 28.5 Å². The van der Waals surface area contributed by atoms with E-state index in [1.165, 1.54) is 7.11 Å². The number of ether oxygens (including phenoxy) is 1. The minimum atomic E-state index is -1.94. The van der Waals surface area contributed by atoms with E-state index in [1.54, 1.807) is 0 Å². The van der Waals surface area contributed by atoms with Crippen LogP contribution in [0.25, 0.3) is 0 Å². The maximum absolute atomic E-state index is 13.0. The molecule has 0 saturated carbocycles. The normalized spacial score (nSPS) is 14.2. The van der Waals surface area contributed by atoms with Gasteiger partial charge >= 0.3 is 0 Å². The lowest BCUT2D eigenvalue weighted by Crippen LogP contribution is -2.34. The second-order valence-electron chi connectivity index (χ2n) is 3.30. The molecule has 2 atom stereocenters. The quantitative estimate of drug-likeness (QED) is 0.690. The predicted octanol–water partition coefficient (Wildman–Crippen LogP) is -0.147. The average molecular weight is 247 g/mol. The molecule has 17 heavy (non-hydrogen) atoms. The monoisotopic (exact) mass is 247 g/mol. The van der Waals surface area contributed by atoms with Crippen molar-refractivity contribution in [1.29, 1.82) is 0 Å². The van der Waals surface area contributed by atoms with Gasteiger partial charge in [0.1, 0.15) is 11.9 Å². The van der Waals surface area contributed by atoms with Gasteiger partial charge in [-0.05, 0) is 6.07 Å². The Morgan fingerprint density at radius 3 is 2.35 bits per heavy atom. The molecule has 5 nitrogen and oxygen atoms in total. The minimum absolute atomic E-state index is 0.197. The summed E-state index contributed by atoms with van der Waals surface area (Å²) < 4.78 is 30.6. The van der Waals surface area contributed by atoms with E-state index >= 15 is 0 Å². The molecular formula is C10H11F2NO4. The Hall–Kier alpha value is -1.73. The summed E-state index contributed by atoms with van der Waals surface area (Å²) >= 11 is 0. The van der Waals surface area contributed by atoms with E-state index in [9.17, 15) is 23.8 Å². The van der Waals surface area contributed by atoms with Crippen LogP contribution in [0.5, 0.6) is 5.75 Å². The Bertz CT molecular complexity index is 439. The lowest BCUT2D eigenvalue weighted by atomic mass is 10.0. The summed E-state index contributed by atoms with van der Waals surface area (Å²) in [5.41, 5.74) is 4.51. The van der Waals surface area contributed by atoms with Crippen molar-refractivity contribution in [3.8, 4) is 5.75 Å². The number of aliphatic hydroxyl groups excluding tert-OH is 2. The van der Waals surface area contributed by atoms with Crippen molar-refractivity contribution >= 4 is 5.91 Å². The SMILES string of the molecule is COc1cc(F)c(F)cc1C(O)C(O)C(N)=O. The number of rotatable bonds is 4. The Balaban J connectivity index is 3.20. The summed E-state index contributed by atoms with van der Waals surface area (Å²) in [6.07, 6.45) is -3.73. The summed E-state index contributed by atoms with van der Waals surface area (Å²) in [4.78, 5) is 10.7. The summed E-state index contributed by atoms with van der Waals surface area (Å²) in [6.45, 7) is 0. The summed E-state index contributed by atoms with van der Waals surface area (Å²) in [7, 11) is 1.17. The number of aliphatic hydroxyl groups is 2. The molecule has 94 valence electrons. The van der Waals surface area contributed by atoms with Gasteiger partial charge in [0, 0.05) is 11.6 Å². The lowest BCUT2D eigenvalue weighted by molar-refractivity contribution is -0.132. The standard InChI is InChI=1S/C10H11F2NO4/c1-17-7-3-6(12)5(11)2-4(7)8(14)9(15)10(13)16/h2-3,8-9,14-15H,1H3,(H2,13,16). The molecule has 0 aliphatic carbocycles. The Labute approximate surface area is 95.4 Å². The summed E-state index contributed by atoms with van der Waals surface area (Å²) in [5.74, 6) is -3.80. The van der Waals surface area contributed by atoms with Crippen LogP contribution in [0.4, 0.5) is 8.78 Å². The smallest absolute Gasteiger partial charge is 0.249 e. The van der Waals surface area contributed by atoms with Crippen LogP contribution >= 0.6 is 0 Å². The number of nitrogens with two attached hydrogens (primary N) is 1. The fourth-order valence-electron chi connectivity index (χ4n) is 1.28. The van der Waals surface area contributed by atoms with Gasteiger partial charge in [0.15, 0.2) is 17.7 Å². The second kappa shape index (κ2) is 5.07. The van der Waals surface area contributed by atoms with Crippen molar-refractivity contribution in [1.82, 2.24) is 0 Å². The van der Waals surface area contributed by atoms with Gasteiger partial charge in [-0.1, -0.05) is 0 Å². The zero-order valence-corrected chi connectivity index (χ0v) is 8.85. The van der Waals surface area contributed by atoms with Crippen molar-refractivity contribution in [2.24, 2.45) is 5.73 Å². The number of benzene rings is 1. The van der Waals surface area contributed by atoms with Crippen LogP contribution < -0.4 is 10.5 Å². The predicted molar refractivity (Wildman–Crippen MR) is 53.1 cm³/mol. The van der Waals surface area contributed by atoms with Crippen molar-refractivity contribution in [2.45, 2.75) is 12.2 Å². The number of carbonyl (C=O) groups is 1. The van der Waals surface area contributed by atoms with Gasteiger partial charge < -0.3 is 20.7 Å². The topological polar surface area (TPSA) is 92.8 Å². The molecule has 0 heterocycles. The molecule has 0 aromatic heterocycles. The van der Waals surface area contributed by atoms with Gasteiger partial charge in [0.2, 0.25) is 5.91 Å². The van der Waals surface area contributed by atoms with Crippen LogP contribution in [0.3, 0.4) is 0 Å². The van der Waals surface area contributed by atoms with Gasteiger partial charge in [-0.25, -0.2) is 8.78 Å². The highest BCUT2D eigenvalue weighted by molar-refractivity contribution is 5.79. The van der Waals surface area contributed by atoms with Gasteiger partial charge in [-0.3, -0.25) is 4.79 Å². The third kappa shape index (κ3) is 2.69. The zero-order valence-electron chi connectivity index (χ0n) is 8.85. The van der Waals surface area contributed by atoms with Crippen molar-refractivity contribution in [3.05, 3.63) is 29.3 Å². The molecule has 7 heteroatoms. The Morgan fingerprint density at radius 2 is 1.88 bits per heavy atom. The first-order valence-electron chi connectivity index (χ1n) is 4.56. The molecule has 4 N–H and O–H groups in total. The van der Waals surface area contributed by atoms with E-state index in [0.717, 1.165) is 0 Å². The van der Waals surface area contributed by atoms with Crippen LogP contribution in [0.15, 0.2) is 12.1 Å². The molecule has 2 unspecified atom stereocenters. The molecule has 1 aromatic carbocycles. The molecule has 1 rings (SSSR count). The summed E-state index contributed by atoms with van der Waals surface area (Å²) in [5, 5.41) is 18.8. The number of carbonyl (C=O) groups excluding carboxylic acids is 1. The molecule has 0 aliphatic heterocycles. The Kier molecular flexibility index (Phi) is 3.97. The summed E-state index contributed by atoms with van der Waals surface area (Å²) in [6, 6.07) is 1.33. The van der Waals surface area contributed by atoms with E-state index in [2.05, 4.69) is 0 Å². The first kappa shape index (κ1) is 13.3. The van der Waals surface area contributed by atoms with Crippen LogP contribution in [-0.4, -0.2) is 29.3 Å². The number of hydrogen-bond acceptors (Lipinski definition) is 4.